The molecule has 3 aromatic carbocycles. The molecule has 4 aromatic rings. The Kier molecular flexibility index (Phi) is 6.34. The lowest BCUT2D eigenvalue weighted by molar-refractivity contribution is 0.124. The van der Waals surface area contributed by atoms with Crippen molar-refractivity contribution < 1.29 is 14.3 Å². The SMILES string of the molecule is CC(C)(C)[Si](Oc1cccc2cnn(C3CCN(C(=O)O)CC3)c12)(c1ccccc1)c1ccccc1. The highest BCUT2D eigenvalue weighted by Crippen LogP contribution is 2.40. The van der Waals surface area contributed by atoms with E-state index in [-0.39, 0.29) is 11.1 Å². The molecule has 6 nitrogen and oxygen atoms in total. The van der Waals surface area contributed by atoms with Crippen molar-refractivity contribution >= 4 is 35.7 Å². The van der Waals surface area contributed by atoms with Gasteiger partial charge in [-0.2, -0.15) is 5.10 Å². The second-order valence-electron chi connectivity index (χ2n) is 10.5. The molecule has 1 aliphatic rings. The molecule has 1 N–H and O–H groups in total. The number of hydrogen-bond acceptors (Lipinski definition) is 3. The van der Waals surface area contributed by atoms with Crippen molar-refractivity contribution in [3.8, 4) is 5.75 Å². The Labute approximate surface area is 213 Å². The van der Waals surface area contributed by atoms with E-state index < -0.39 is 14.4 Å². The zero-order valence-electron chi connectivity index (χ0n) is 21.1. The van der Waals surface area contributed by atoms with Gasteiger partial charge in [0, 0.05) is 18.5 Å². The highest BCUT2D eigenvalue weighted by Gasteiger charge is 2.52. The van der Waals surface area contributed by atoms with E-state index in [1.165, 1.54) is 15.3 Å². The molecule has 1 saturated heterocycles. The molecule has 0 unspecified atom stereocenters. The van der Waals surface area contributed by atoms with Crippen LogP contribution in [0.3, 0.4) is 0 Å². The average molecular weight is 500 g/mol. The van der Waals surface area contributed by atoms with E-state index in [1.54, 1.807) is 0 Å². The molecule has 36 heavy (non-hydrogen) atoms. The van der Waals surface area contributed by atoms with E-state index in [1.807, 2.05) is 12.3 Å². The number of piperidine rings is 1. The molecule has 0 spiro atoms. The molecule has 186 valence electrons. The van der Waals surface area contributed by atoms with Crippen LogP contribution in [0.25, 0.3) is 10.9 Å². The number of nitrogens with zero attached hydrogens (tertiary/aromatic N) is 3. The molecule has 1 fully saturated rings. The Hall–Kier alpha value is -3.58. The summed E-state index contributed by atoms with van der Waals surface area (Å²) in [6.07, 6.45) is 2.51. The van der Waals surface area contributed by atoms with Crippen molar-refractivity contribution in [2.24, 2.45) is 0 Å². The third-order valence-corrected chi connectivity index (χ3v) is 12.3. The van der Waals surface area contributed by atoms with E-state index >= 15 is 0 Å². The van der Waals surface area contributed by atoms with Crippen molar-refractivity contribution in [2.45, 2.75) is 44.7 Å². The van der Waals surface area contributed by atoms with E-state index in [0.717, 1.165) is 29.5 Å². The zero-order chi connectivity index (χ0) is 25.3. The fourth-order valence-corrected chi connectivity index (χ4v) is 9.97. The van der Waals surface area contributed by atoms with Gasteiger partial charge in [-0.25, -0.2) is 4.79 Å². The highest BCUT2D eigenvalue weighted by atomic mass is 28.4. The Balaban J connectivity index is 1.65. The Bertz CT molecular complexity index is 1300. The largest absolute Gasteiger partial charge is 0.533 e. The molecule has 1 aromatic heterocycles. The number of aromatic nitrogens is 2. The van der Waals surface area contributed by atoms with Crippen LogP contribution in [0, 0.1) is 0 Å². The van der Waals surface area contributed by atoms with Gasteiger partial charge in [0.15, 0.2) is 0 Å². The number of hydrogen-bond donors (Lipinski definition) is 1. The minimum absolute atomic E-state index is 0.127. The number of rotatable bonds is 5. The van der Waals surface area contributed by atoms with Crippen LogP contribution in [0.15, 0.2) is 85.1 Å². The van der Waals surface area contributed by atoms with Gasteiger partial charge in [-0.05, 0) is 34.3 Å². The summed E-state index contributed by atoms with van der Waals surface area (Å²) in [5, 5.41) is 17.5. The lowest BCUT2D eigenvalue weighted by atomic mass is 10.1. The quantitative estimate of drug-likeness (QED) is 0.379. The molecule has 7 heteroatoms. The Morgan fingerprint density at radius 2 is 1.50 bits per heavy atom. The molecular weight excluding hydrogens is 466 g/mol. The molecule has 0 saturated carbocycles. The summed E-state index contributed by atoms with van der Waals surface area (Å²) in [4.78, 5) is 12.9. The fourth-order valence-electron chi connectivity index (χ4n) is 5.55. The molecule has 0 radical (unpaired) electrons. The number of fused-ring (bicyclic) bond motifs is 1. The van der Waals surface area contributed by atoms with Crippen LogP contribution in [0.2, 0.25) is 5.04 Å². The fraction of sp³-hybridized carbons (Fsp3) is 0.310. The van der Waals surface area contributed by atoms with Crippen LogP contribution in [-0.2, 0) is 0 Å². The van der Waals surface area contributed by atoms with Crippen molar-refractivity contribution in [1.82, 2.24) is 14.7 Å². The summed E-state index contributed by atoms with van der Waals surface area (Å²) in [6, 6.07) is 27.6. The third-order valence-electron chi connectivity index (χ3n) is 7.34. The van der Waals surface area contributed by atoms with Gasteiger partial charge in [-0.3, -0.25) is 4.68 Å². The van der Waals surface area contributed by atoms with Crippen LogP contribution >= 0.6 is 0 Å². The van der Waals surface area contributed by atoms with E-state index in [2.05, 4.69) is 98.2 Å². The minimum Gasteiger partial charge on any atom is -0.533 e. The lowest BCUT2D eigenvalue weighted by Gasteiger charge is -2.43. The topological polar surface area (TPSA) is 67.6 Å². The maximum absolute atomic E-state index is 11.4. The van der Waals surface area contributed by atoms with Gasteiger partial charge in [0.25, 0.3) is 0 Å². The maximum atomic E-state index is 11.4. The molecular formula is C29H33N3O3Si. The van der Waals surface area contributed by atoms with E-state index in [9.17, 15) is 9.90 Å². The normalized spacial score (nSPS) is 15.2. The lowest BCUT2D eigenvalue weighted by Crippen LogP contribution is -2.68. The van der Waals surface area contributed by atoms with Gasteiger partial charge in [-0.1, -0.05) is 93.6 Å². The molecule has 0 aliphatic carbocycles. The molecule has 5 rings (SSSR count). The van der Waals surface area contributed by atoms with Gasteiger partial charge in [0.05, 0.1) is 12.2 Å². The van der Waals surface area contributed by atoms with E-state index in [0.29, 0.717) is 13.1 Å². The number of carboxylic acid groups (broad SMARTS) is 1. The van der Waals surface area contributed by atoms with Gasteiger partial charge in [0.1, 0.15) is 11.3 Å². The number of carbonyl (C=O) groups is 1. The summed E-state index contributed by atoms with van der Waals surface area (Å²) >= 11 is 0. The minimum atomic E-state index is -2.81. The predicted molar refractivity (Wildman–Crippen MR) is 146 cm³/mol. The molecule has 0 bridgehead atoms. The van der Waals surface area contributed by atoms with Crippen LogP contribution in [0.5, 0.6) is 5.75 Å². The monoisotopic (exact) mass is 499 g/mol. The second kappa shape index (κ2) is 9.46. The summed E-state index contributed by atoms with van der Waals surface area (Å²) in [5.74, 6) is 0.833. The first-order chi connectivity index (χ1) is 17.3. The first kappa shape index (κ1) is 24.1. The second-order valence-corrected chi connectivity index (χ2v) is 14.8. The summed E-state index contributed by atoms with van der Waals surface area (Å²) in [5.41, 5.74) is 0.985. The van der Waals surface area contributed by atoms with Crippen molar-refractivity contribution in [3.05, 3.63) is 85.1 Å². The van der Waals surface area contributed by atoms with Gasteiger partial charge in [-0.15, -0.1) is 0 Å². The molecule has 0 atom stereocenters. The number of likely N-dealkylation sites (tertiary alicyclic amines) is 1. The van der Waals surface area contributed by atoms with Crippen molar-refractivity contribution in [3.63, 3.8) is 0 Å². The number of para-hydroxylation sites is 1. The Morgan fingerprint density at radius 3 is 2.03 bits per heavy atom. The molecule has 1 amide bonds. The molecule has 2 heterocycles. The third kappa shape index (κ3) is 4.17. The van der Waals surface area contributed by atoms with Crippen LogP contribution < -0.4 is 14.8 Å². The predicted octanol–water partition coefficient (Wildman–Crippen LogP) is 5.29. The average Bonchev–Trinajstić information content (AvgIpc) is 3.33. The maximum Gasteiger partial charge on any atom is 0.407 e. The first-order valence-corrected chi connectivity index (χ1v) is 14.5. The molecule has 1 aliphatic heterocycles. The van der Waals surface area contributed by atoms with Gasteiger partial charge >= 0.3 is 14.4 Å². The van der Waals surface area contributed by atoms with E-state index in [4.69, 9.17) is 9.52 Å². The standard InChI is InChI=1S/C29H33N3O3Si/c1-29(2,3)36(24-12-6-4-7-13-24,25-14-8-5-9-15-25)35-26-16-10-11-22-21-30-32(27(22)26)23-17-19-31(20-18-23)28(33)34/h4-16,21,23H,17-20H2,1-3H3,(H,33,34). The van der Waals surface area contributed by atoms with Crippen molar-refractivity contribution in [2.75, 3.05) is 13.1 Å². The van der Waals surface area contributed by atoms with Gasteiger partial charge < -0.3 is 14.4 Å². The first-order valence-electron chi connectivity index (χ1n) is 12.6. The van der Waals surface area contributed by atoms with Crippen LogP contribution in [-0.4, -0.2) is 47.3 Å². The van der Waals surface area contributed by atoms with Crippen LogP contribution in [0.4, 0.5) is 4.79 Å². The number of benzene rings is 3. The smallest absolute Gasteiger partial charge is 0.407 e. The summed E-state index contributed by atoms with van der Waals surface area (Å²) < 4.78 is 9.45. The van der Waals surface area contributed by atoms with Crippen molar-refractivity contribution in [1.29, 1.82) is 0 Å². The summed E-state index contributed by atoms with van der Waals surface area (Å²) in [7, 11) is -2.81. The summed E-state index contributed by atoms with van der Waals surface area (Å²) in [6.45, 7) is 7.85. The zero-order valence-corrected chi connectivity index (χ0v) is 22.1. The Morgan fingerprint density at radius 1 is 0.917 bits per heavy atom. The highest BCUT2D eigenvalue weighted by molar-refractivity contribution is 7.00. The van der Waals surface area contributed by atoms with Crippen LogP contribution in [0.1, 0.15) is 39.7 Å². The number of amides is 1. The van der Waals surface area contributed by atoms with Gasteiger partial charge in [0.2, 0.25) is 0 Å².